The number of hydrogen-bond donors (Lipinski definition) is 1. The average Bonchev–Trinajstić information content (AvgIpc) is 3.02. The number of amides is 1. The number of benzene rings is 2. The predicted molar refractivity (Wildman–Crippen MR) is 125 cm³/mol. The Hall–Kier alpha value is -2.44. The Balaban J connectivity index is 1.72. The average molecular weight is 439 g/mol. The van der Waals surface area contributed by atoms with Crippen molar-refractivity contribution < 1.29 is 14.1 Å². The fraction of sp³-hybridized carbons (Fsp3) is 0.400. The zero-order chi connectivity index (χ0) is 22.4. The van der Waals surface area contributed by atoms with Crippen molar-refractivity contribution >= 4 is 28.8 Å². The Kier molecular flexibility index (Phi) is 5.56. The number of carbonyl (C=O) groups excluding carboxylic acids is 1. The fourth-order valence-electron chi connectivity index (χ4n) is 4.33. The van der Waals surface area contributed by atoms with Gasteiger partial charge in [-0.25, -0.2) is 4.39 Å². The van der Waals surface area contributed by atoms with Crippen molar-refractivity contribution in [2.24, 2.45) is 4.99 Å². The molecule has 0 radical (unpaired) electrons. The van der Waals surface area contributed by atoms with E-state index >= 15 is 0 Å². The lowest BCUT2D eigenvalue weighted by Gasteiger charge is -2.40. The van der Waals surface area contributed by atoms with Crippen molar-refractivity contribution in [3.8, 4) is 0 Å². The molecular formula is C25H29FN3OS+. The third-order valence-corrected chi connectivity index (χ3v) is 6.74. The van der Waals surface area contributed by atoms with Crippen LogP contribution in [0.3, 0.4) is 0 Å². The van der Waals surface area contributed by atoms with Crippen molar-refractivity contribution in [3.63, 3.8) is 0 Å². The molecule has 2 aliphatic heterocycles. The highest BCUT2D eigenvalue weighted by molar-refractivity contribution is 7.82. The molecule has 1 N–H and O–H groups in total. The van der Waals surface area contributed by atoms with Gasteiger partial charge in [0.15, 0.2) is 5.66 Å². The molecule has 1 saturated heterocycles. The van der Waals surface area contributed by atoms with Crippen molar-refractivity contribution in [1.82, 2.24) is 4.90 Å². The quantitative estimate of drug-likeness (QED) is 0.730. The van der Waals surface area contributed by atoms with Gasteiger partial charge in [0.05, 0.1) is 20.1 Å². The number of carbonyl (C=O) groups is 1. The Bertz CT molecular complexity index is 1030. The van der Waals surface area contributed by atoms with Gasteiger partial charge in [0, 0.05) is 24.0 Å². The maximum atomic E-state index is 13.7. The smallest absolute Gasteiger partial charge is 0.260 e. The first-order chi connectivity index (χ1) is 14.6. The van der Waals surface area contributed by atoms with Crippen LogP contribution in [0, 0.1) is 5.82 Å². The number of halogens is 1. The van der Waals surface area contributed by atoms with Crippen LogP contribution >= 0.6 is 12.2 Å². The maximum Gasteiger partial charge on any atom is 0.260 e. The first kappa shape index (κ1) is 21.8. The molecule has 2 aromatic carbocycles. The lowest BCUT2D eigenvalue weighted by Crippen LogP contribution is -3.10. The SMILES string of the molecule is C[NH+]1CCC2(CC1)N=C(c1ccc(F)cc1)C(=S)N2C(=O)c1ccc(C(C)(C)C)cc1. The molecule has 4 nitrogen and oxygen atoms in total. The van der Waals surface area contributed by atoms with Crippen LogP contribution in [-0.2, 0) is 5.41 Å². The van der Waals surface area contributed by atoms with Crippen LogP contribution in [0.1, 0.15) is 55.1 Å². The number of hydrogen-bond acceptors (Lipinski definition) is 3. The van der Waals surface area contributed by atoms with E-state index in [-0.39, 0.29) is 17.1 Å². The van der Waals surface area contributed by atoms with Gasteiger partial charge in [0.25, 0.3) is 5.91 Å². The third-order valence-electron chi connectivity index (χ3n) is 6.36. The molecule has 2 aromatic rings. The van der Waals surface area contributed by atoms with Gasteiger partial charge in [-0.1, -0.05) is 45.1 Å². The predicted octanol–water partition coefficient (Wildman–Crippen LogP) is 3.40. The molecule has 1 amide bonds. The Morgan fingerprint density at radius 3 is 2.19 bits per heavy atom. The van der Waals surface area contributed by atoms with Gasteiger partial charge in [0.1, 0.15) is 16.5 Å². The minimum absolute atomic E-state index is 0.0152. The molecule has 1 spiro atoms. The van der Waals surface area contributed by atoms with E-state index in [0.717, 1.165) is 31.5 Å². The summed E-state index contributed by atoms with van der Waals surface area (Å²) in [4.78, 5) is 22.3. The number of rotatable bonds is 2. The summed E-state index contributed by atoms with van der Waals surface area (Å²) >= 11 is 5.79. The zero-order valence-corrected chi connectivity index (χ0v) is 19.4. The summed E-state index contributed by atoms with van der Waals surface area (Å²) < 4.78 is 13.5. The summed E-state index contributed by atoms with van der Waals surface area (Å²) in [5.41, 5.74) is 2.48. The molecule has 4 rings (SSSR count). The number of nitrogens with one attached hydrogen (secondary N) is 1. The van der Waals surface area contributed by atoms with Crippen LogP contribution in [-0.4, -0.2) is 47.3 Å². The van der Waals surface area contributed by atoms with Gasteiger partial charge in [-0.2, -0.15) is 0 Å². The Morgan fingerprint density at radius 2 is 1.65 bits per heavy atom. The fourth-order valence-corrected chi connectivity index (χ4v) is 4.75. The van der Waals surface area contributed by atoms with Crippen LogP contribution in [0.2, 0.25) is 0 Å². The van der Waals surface area contributed by atoms with Crippen molar-refractivity contribution in [1.29, 1.82) is 0 Å². The molecule has 2 aliphatic rings. The summed E-state index contributed by atoms with van der Waals surface area (Å²) in [6.45, 7) is 8.28. The van der Waals surface area contributed by atoms with Gasteiger partial charge in [-0.3, -0.25) is 14.7 Å². The van der Waals surface area contributed by atoms with Crippen LogP contribution in [0.15, 0.2) is 53.5 Å². The number of aliphatic imine (C=N–C) groups is 1. The third kappa shape index (κ3) is 4.06. The summed E-state index contributed by atoms with van der Waals surface area (Å²) in [5.74, 6) is -0.427. The standard InChI is InChI=1S/C25H28FN3OS/c1-24(2,3)19-9-5-18(6-10-19)22(30)29-23(31)21(17-7-11-20(26)12-8-17)27-25(29)13-15-28(4)16-14-25/h5-12H,13-16H2,1-4H3/p+1. The summed E-state index contributed by atoms with van der Waals surface area (Å²) in [7, 11) is 2.15. The van der Waals surface area contributed by atoms with Crippen LogP contribution in [0.4, 0.5) is 4.39 Å². The molecule has 1 fully saturated rings. The minimum atomic E-state index is -0.667. The molecule has 0 aliphatic carbocycles. The van der Waals surface area contributed by atoms with E-state index in [1.54, 1.807) is 17.0 Å². The second-order valence-electron chi connectivity index (χ2n) is 9.68. The molecule has 0 unspecified atom stereocenters. The monoisotopic (exact) mass is 438 g/mol. The normalized spacial score (nSPS) is 23.9. The van der Waals surface area contributed by atoms with E-state index in [9.17, 15) is 9.18 Å². The second-order valence-corrected chi connectivity index (χ2v) is 10.1. The first-order valence-corrected chi connectivity index (χ1v) is 11.2. The highest BCUT2D eigenvalue weighted by atomic mass is 32.1. The number of likely N-dealkylation sites (tertiary alicyclic amines) is 1. The molecule has 0 aromatic heterocycles. The van der Waals surface area contributed by atoms with E-state index < -0.39 is 5.66 Å². The van der Waals surface area contributed by atoms with Gasteiger partial charge >= 0.3 is 0 Å². The molecule has 2 heterocycles. The highest BCUT2D eigenvalue weighted by Gasteiger charge is 2.51. The molecule has 31 heavy (non-hydrogen) atoms. The van der Waals surface area contributed by atoms with E-state index in [1.165, 1.54) is 22.6 Å². The minimum Gasteiger partial charge on any atom is -0.337 e. The van der Waals surface area contributed by atoms with Crippen LogP contribution < -0.4 is 4.90 Å². The molecule has 6 heteroatoms. The van der Waals surface area contributed by atoms with Crippen molar-refractivity contribution in [2.75, 3.05) is 20.1 Å². The number of quaternary nitrogens is 1. The van der Waals surface area contributed by atoms with Gasteiger partial charge in [-0.15, -0.1) is 0 Å². The number of thiocarbonyl (C=S) groups is 1. The zero-order valence-electron chi connectivity index (χ0n) is 18.5. The van der Waals surface area contributed by atoms with Crippen molar-refractivity contribution in [2.45, 2.75) is 44.7 Å². The number of piperidine rings is 1. The van der Waals surface area contributed by atoms with Gasteiger partial charge in [0.2, 0.25) is 0 Å². The van der Waals surface area contributed by atoms with Gasteiger partial charge in [-0.05, 0) is 47.4 Å². The van der Waals surface area contributed by atoms with Gasteiger partial charge < -0.3 is 4.90 Å². The lowest BCUT2D eigenvalue weighted by molar-refractivity contribution is -0.886. The molecule has 0 saturated carbocycles. The van der Waals surface area contributed by atoms with E-state index in [2.05, 4.69) is 27.8 Å². The second kappa shape index (κ2) is 7.92. The lowest BCUT2D eigenvalue weighted by atomic mass is 9.86. The van der Waals surface area contributed by atoms with Crippen molar-refractivity contribution in [3.05, 3.63) is 71.0 Å². The summed E-state index contributed by atoms with van der Waals surface area (Å²) in [6.07, 6.45) is 1.49. The molecule has 162 valence electrons. The largest absolute Gasteiger partial charge is 0.337 e. The van der Waals surface area contributed by atoms with Crippen LogP contribution in [0.5, 0.6) is 0 Å². The van der Waals surface area contributed by atoms with E-state index in [4.69, 9.17) is 17.2 Å². The molecule has 0 bridgehead atoms. The summed E-state index contributed by atoms with van der Waals surface area (Å²) in [5, 5.41) is 0. The molecular weight excluding hydrogens is 409 g/mol. The topological polar surface area (TPSA) is 37.1 Å². The van der Waals surface area contributed by atoms with E-state index in [0.29, 0.717) is 16.3 Å². The Labute approximate surface area is 188 Å². The Morgan fingerprint density at radius 1 is 1.06 bits per heavy atom. The first-order valence-electron chi connectivity index (χ1n) is 10.8. The van der Waals surface area contributed by atoms with E-state index in [1.807, 2.05) is 24.3 Å². The number of nitrogens with zero attached hydrogens (tertiary/aromatic N) is 2. The van der Waals surface area contributed by atoms with Crippen LogP contribution in [0.25, 0.3) is 0 Å². The maximum absolute atomic E-state index is 13.7. The summed E-state index contributed by atoms with van der Waals surface area (Å²) in [6, 6.07) is 14.0. The highest BCUT2D eigenvalue weighted by Crippen LogP contribution is 2.36. The molecule has 0 atom stereocenters.